The molecule has 2 aliphatic rings. The van der Waals surface area contributed by atoms with E-state index in [2.05, 4.69) is 14.8 Å². The van der Waals surface area contributed by atoms with Crippen LogP contribution in [0.2, 0.25) is 0 Å². The van der Waals surface area contributed by atoms with Crippen LogP contribution in [0.1, 0.15) is 36.0 Å². The smallest absolute Gasteiger partial charge is 0.227 e. The van der Waals surface area contributed by atoms with Gasteiger partial charge in [0.15, 0.2) is 5.82 Å². The molecule has 1 aromatic carbocycles. The van der Waals surface area contributed by atoms with Crippen LogP contribution in [0.3, 0.4) is 0 Å². The van der Waals surface area contributed by atoms with Crippen molar-refractivity contribution in [2.24, 2.45) is 0 Å². The number of phenolic OH excluding ortho intramolecular Hbond substituents is 1. The fraction of sp³-hybridized carbons (Fsp3) is 0.438. The first kappa shape index (κ1) is 13.3. The third-order valence-corrected chi connectivity index (χ3v) is 4.34. The summed E-state index contributed by atoms with van der Waals surface area (Å²) in [5.74, 6) is 2.81. The zero-order valence-electron chi connectivity index (χ0n) is 12.3. The predicted molar refractivity (Wildman–Crippen MR) is 79.2 cm³/mol. The highest BCUT2D eigenvalue weighted by molar-refractivity contribution is 5.78. The van der Waals surface area contributed by atoms with Gasteiger partial charge in [-0.15, -0.1) is 10.2 Å². The van der Waals surface area contributed by atoms with Gasteiger partial charge < -0.3 is 14.6 Å². The minimum absolute atomic E-state index is 0.0628. The Bertz CT molecular complexity index is 721. The van der Waals surface area contributed by atoms with Gasteiger partial charge in [0.1, 0.15) is 11.6 Å². The third-order valence-electron chi connectivity index (χ3n) is 4.34. The maximum absolute atomic E-state index is 12.4. The highest BCUT2D eigenvalue weighted by atomic mass is 16.3. The van der Waals surface area contributed by atoms with Crippen molar-refractivity contribution < 1.29 is 9.90 Å². The van der Waals surface area contributed by atoms with Crippen LogP contribution in [-0.2, 0) is 24.3 Å². The van der Waals surface area contributed by atoms with Gasteiger partial charge in [-0.25, -0.2) is 0 Å². The molecule has 0 unspecified atom stereocenters. The number of hydrogen-bond acceptors (Lipinski definition) is 4. The SMILES string of the molecule is O=C(Cc1cccc(O)c1)N1CCn2c(nnc2C2CC2)C1. The van der Waals surface area contributed by atoms with Gasteiger partial charge in [-0.1, -0.05) is 12.1 Å². The van der Waals surface area contributed by atoms with E-state index >= 15 is 0 Å². The molecule has 0 spiro atoms. The van der Waals surface area contributed by atoms with Crippen molar-refractivity contribution in [3.05, 3.63) is 41.5 Å². The second-order valence-corrected chi connectivity index (χ2v) is 6.06. The van der Waals surface area contributed by atoms with Crippen LogP contribution in [-0.4, -0.2) is 37.2 Å². The van der Waals surface area contributed by atoms with Crippen LogP contribution in [0.4, 0.5) is 0 Å². The fourth-order valence-corrected chi connectivity index (χ4v) is 2.99. The summed E-state index contributed by atoms with van der Waals surface area (Å²) in [6.45, 7) is 2.00. The van der Waals surface area contributed by atoms with Gasteiger partial charge >= 0.3 is 0 Å². The number of carbonyl (C=O) groups excluding carboxylic acids is 1. The summed E-state index contributed by atoms with van der Waals surface area (Å²) in [5, 5.41) is 18.0. The van der Waals surface area contributed by atoms with E-state index in [0.29, 0.717) is 25.4 Å². The van der Waals surface area contributed by atoms with E-state index in [4.69, 9.17) is 0 Å². The van der Waals surface area contributed by atoms with E-state index in [1.54, 1.807) is 18.2 Å². The zero-order chi connectivity index (χ0) is 15.1. The zero-order valence-corrected chi connectivity index (χ0v) is 12.3. The Morgan fingerprint density at radius 1 is 1.27 bits per heavy atom. The van der Waals surface area contributed by atoms with E-state index < -0.39 is 0 Å². The molecule has 0 saturated heterocycles. The van der Waals surface area contributed by atoms with Crippen LogP contribution in [0.5, 0.6) is 5.75 Å². The molecule has 0 atom stereocenters. The first-order valence-electron chi connectivity index (χ1n) is 7.68. The van der Waals surface area contributed by atoms with Gasteiger partial charge in [-0.3, -0.25) is 4.79 Å². The van der Waals surface area contributed by atoms with Crippen LogP contribution in [0.25, 0.3) is 0 Å². The molecule has 2 aromatic rings. The Morgan fingerprint density at radius 2 is 2.14 bits per heavy atom. The van der Waals surface area contributed by atoms with Crippen molar-refractivity contribution in [3.63, 3.8) is 0 Å². The van der Waals surface area contributed by atoms with Gasteiger partial charge in [0.2, 0.25) is 5.91 Å². The van der Waals surface area contributed by atoms with Crippen LogP contribution < -0.4 is 0 Å². The molecule has 6 nitrogen and oxygen atoms in total. The first-order chi connectivity index (χ1) is 10.7. The number of carbonyl (C=O) groups is 1. The van der Waals surface area contributed by atoms with E-state index in [0.717, 1.165) is 23.8 Å². The summed E-state index contributed by atoms with van der Waals surface area (Å²) < 4.78 is 2.18. The molecule has 0 radical (unpaired) electrons. The lowest BCUT2D eigenvalue weighted by Gasteiger charge is -2.28. The number of benzene rings is 1. The number of fused-ring (bicyclic) bond motifs is 1. The molecule has 1 amide bonds. The largest absolute Gasteiger partial charge is 0.508 e. The fourth-order valence-electron chi connectivity index (χ4n) is 2.99. The van der Waals surface area contributed by atoms with Crippen molar-refractivity contribution in [2.75, 3.05) is 6.54 Å². The molecule has 1 N–H and O–H groups in total. The third kappa shape index (κ3) is 2.45. The second-order valence-electron chi connectivity index (χ2n) is 6.06. The predicted octanol–water partition coefficient (Wildman–Crippen LogP) is 1.45. The number of aromatic nitrogens is 3. The molecule has 114 valence electrons. The Kier molecular flexibility index (Phi) is 3.10. The van der Waals surface area contributed by atoms with Crippen LogP contribution >= 0.6 is 0 Å². The van der Waals surface area contributed by atoms with Gasteiger partial charge in [0.05, 0.1) is 13.0 Å². The molecule has 1 aliphatic heterocycles. The molecule has 0 bridgehead atoms. The highest BCUT2D eigenvalue weighted by Gasteiger charge is 2.32. The summed E-state index contributed by atoms with van der Waals surface area (Å²) in [5.41, 5.74) is 0.829. The topological polar surface area (TPSA) is 71.2 Å². The summed E-state index contributed by atoms with van der Waals surface area (Å²) in [4.78, 5) is 14.3. The average Bonchev–Trinajstić information content (AvgIpc) is 3.26. The average molecular weight is 298 g/mol. The first-order valence-corrected chi connectivity index (χ1v) is 7.68. The number of phenols is 1. The number of hydrogen-bond donors (Lipinski definition) is 1. The Labute approximate surface area is 128 Å². The van der Waals surface area contributed by atoms with E-state index in [9.17, 15) is 9.90 Å². The van der Waals surface area contributed by atoms with E-state index in [1.807, 2.05) is 11.0 Å². The Hall–Kier alpha value is -2.37. The van der Waals surface area contributed by atoms with Crippen molar-refractivity contribution in [1.29, 1.82) is 0 Å². The monoisotopic (exact) mass is 298 g/mol. The lowest BCUT2D eigenvalue weighted by Crippen LogP contribution is -2.39. The van der Waals surface area contributed by atoms with E-state index in [1.165, 1.54) is 12.8 Å². The van der Waals surface area contributed by atoms with Gasteiger partial charge in [0.25, 0.3) is 0 Å². The molecule has 4 rings (SSSR count). The maximum atomic E-state index is 12.4. The van der Waals surface area contributed by atoms with Crippen molar-refractivity contribution in [3.8, 4) is 5.75 Å². The van der Waals surface area contributed by atoms with Crippen molar-refractivity contribution in [2.45, 2.75) is 38.3 Å². The van der Waals surface area contributed by atoms with Crippen LogP contribution in [0, 0.1) is 0 Å². The summed E-state index contributed by atoms with van der Waals surface area (Å²) in [7, 11) is 0. The highest BCUT2D eigenvalue weighted by Crippen LogP contribution is 2.39. The molecular formula is C16H18N4O2. The number of amides is 1. The molecule has 22 heavy (non-hydrogen) atoms. The molecular weight excluding hydrogens is 280 g/mol. The quantitative estimate of drug-likeness (QED) is 0.931. The van der Waals surface area contributed by atoms with Crippen molar-refractivity contribution in [1.82, 2.24) is 19.7 Å². The summed E-state index contributed by atoms with van der Waals surface area (Å²) >= 11 is 0. The standard InChI is InChI=1S/C16H18N4O2/c21-13-3-1-2-11(8-13)9-15(22)19-6-7-20-14(10-19)17-18-16(20)12-4-5-12/h1-3,8,12,21H,4-7,9-10H2. The minimum atomic E-state index is 0.0628. The Morgan fingerprint density at radius 3 is 2.91 bits per heavy atom. The molecule has 1 saturated carbocycles. The molecule has 1 aromatic heterocycles. The molecule has 6 heteroatoms. The number of aromatic hydroxyl groups is 1. The normalized spacial score (nSPS) is 17.4. The summed E-state index contributed by atoms with van der Waals surface area (Å²) in [6, 6.07) is 6.86. The van der Waals surface area contributed by atoms with Crippen LogP contribution in [0.15, 0.2) is 24.3 Å². The number of nitrogens with zero attached hydrogens (tertiary/aromatic N) is 4. The second kappa shape index (κ2) is 5.12. The lowest BCUT2D eigenvalue weighted by molar-refractivity contribution is -0.132. The number of rotatable bonds is 3. The van der Waals surface area contributed by atoms with Gasteiger partial charge in [0, 0.05) is 19.0 Å². The van der Waals surface area contributed by atoms with Gasteiger partial charge in [-0.2, -0.15) is 0 Å². The maximum Gasteiger partial charge on any atom is 0.227 e. The Balaban J connectivity index is 1.46. The van der Waals surface area contributed by atoms with E-state index in [-0.39, 0.29) is 11.7 Å². The molecule has 1 aliphatic carbocycles. The molecule has 1 fully saturated rings. The van der Waals surface area contributed by atoms with Gasteiger partial charge in [-0.05, 0) is 30.5 Å². The summed E-state index contributed by atoms with van der Waals surface area (Å²) in [6.07, 6.45) is 2.72. The minimum Gasteiger partial charge on any atom is -0.508 e. The lowest BCUT2D eigenvalue weighted by atomic mass is 10.1. The van der Waals surface area contributed by atoms with Crippen molar-refractivity contribution >= 4 is 5.91 Å². The molecule has 2 heterocycles.